The number of benzene rings is 2. The monoisotopic (exact) mass is 211 g/mol. The minimum Gasteiger partial charge on any atom is -0.508 e. The molecule has 0 unspecified atom stereocenters. The number of aromatic hydroxyl groups is 1. The van der Waals surface area contributed by atoms with Gasteiger partial charge in [0.05, 0.1) is 11.6 Å². The Morgan fingerprint density at radius 3 is 2.44 bits per heavy atom. The maximum absolute atomic E-state index is 9.11. The van der Waals surface area contributed by atoms with Gasteiger partial charge < -0.3 is 9.84 Å². The first-order valence-electron chi connectivity index (χ1n) is 4.75. The number of rotatable bonds is 2. The van der Waals surface area contributed by atoms with Crippen LogP contribution in [0.1, 0.15) is 5.56 Å². The first kappa shape index (κ1) is 10.1. The third kappa shape index (κ3) is 2.31. The number of phenolic OH excluding ortho intramolecular Hbond substituents is 1. The predicted molar refractivity (Wildman–Crippen MR) is 59.3 cm³/mol. The summed E-state index contributed by atoms with van der Waals surface area (Å²) in [5.41, 5.74) is 0.552. The van der Waals surface area contributed by atoms with E-state index in [4.69, 9.17) is 15.1 Å². The molecule has 0 aliphatic carbocycles. The molecule has 0 heterocycles. The van der Waals surface area contributed by atoms with Crippen LogP contribution in [-0.4, -0.2) is 5.11 Å². The SMILES string of the molecule is N#Cc1cccc(Oc2ccc(O)cc2)c1. The Bertz CT molecular complexity index is 526. The molecule has 0 amide bonds. The number of hydrogen-bond acceptors (Lipinski definition) is 3. The zero-order valence-electron chi connectivity index (χ0n) is 8.42. The van der Waals surface area contributed by atoms with Gasteiger partial charge in [-0.1, -0.05) is 6.07 Å². The predicted octanol–water partition coefficient (Wildman–Crippen LogP) is 3.06. The van der Waals surface area contributed by atoms with Crippen molar-refractivity contribution in [1.82, 2.24) is 0 Å². The normalized spacial score (nSPS) is 9.44. The third-order valence-electron chi connectivity index (χ3n) is 2.04. The molecule has 0 fully saturated rings. The summed E-state index contributed by atoms with van der Waals surface area (Å²) < 4.78 is 5.51. The van der Waals surface area contributed by atoms with E-state index in [0.717, 1.165) is 0 Å². The number of hydrogen-bond donors (Lipinski definition) is 1. The Morgan fingerprint density at radius 2 is 1.75 bits per heavy atom. The molecule has 0 radical (unpaired) electrons. The smallest absolute Gasteiger partial charge is 0.128 e. The number of nitrogens with zero attached hydrogens (tertiary/aromatic N) is 1. The molecule has 0 bridgehead atoms. The summed E-state index contributed by atoms with van der Waals surface area (Å²) in [7, 11) is 0. The first-order valence-corrected chi connectivity index (χ1v) is 4.75. The van der Waals surface area contributed by atoms with Crippen LogP contribution in [0.2, 0.25) is 0 Å². The lowest BCUT2D eigenvalue weighted by Gasteiger charge is -2.05. The zero-order chi connectivity index (χ0) is 11.4. The van der Waals surface area contributed by atoms with Crippen molar-refractivity contribution < 1.29 is 9.84 Å². The lowest BCUT2D eigenvalue weighted by atomic mass is 10.2. The summed E-state index contributed by atoms with van der Waals surface area (Å²) in [5, 5.41) is 17.8. The molecule has 16 heavy (non-hydrogen) atoms. The van der Waals surface area contributed by atoms with Gasteiger partial charge in [-0.3, -0.25) is 0 Å². The summed E-state index contributed by atoms with van der Waals surface area (Å²) in [6.07, 6.45) is 0. The summed E-state index contributed by atoms with van der Waals surface area (Å²) in [5.74, 6) is 1.41. The van der Waals surface area contributed by atoms with Crippen molar-refractivity contribution in [2.75, 3.05) is 0 Å². The maximum Gasteiger partial charge on any atom is 0.128 e. The van der Waals surface area contributed by atoms with Gasteiger partial charge in [-0.25, -0.2) is 0 Å². The van der Waals surface area contributed by atoms with Crippen LogP contribution in [0, 0.1) is 11.3 Å². The van der Waals surface area contributed by atoms with Gasteiger partial charge in [-0.15, -0.1) is 0 Å². The van der Waals surface area contributed by atoms with E-state index in [2.05, 4.69) is 0 Å². The van der Waals surface area contributed by atoms with E-state index in [1.54, 1.807) is 48.5 Å². The van der Waals surface area contributed by atoms with Crippen LogP contribution in [0.15, 0.2) is 48.5 Å². The molecule has 78 valence electrons. The molecule has 1 N–H and O–H groups in total. The van der Waals surface area contributed by atoms with Crippen molar-refractivity contribution in [3.63, 3.8) is 0 Å². The van der Waals surface area contributed by atoms with Crippen LogP contribution in [0.4, 0.5) is 0 Å². The third-order valence-corrected chi connectivity index (χ3v) is 2.04. The van der Waals surface area contributed by atoms with Gasteiger partial charge >= 0.3 is 0 Å². The Labute approximate surface area is 93.2 Å². The van der Waals surface area contributed by atoms with Crippen LogP contribution in [0.3, 0.4) is 0 Å². The van der Waals surface area contributed by atoms with Gasteiger partial charge in [0.25, 0.3) is 0 Å². The largest absolute Gasteiger partial charge is 0.508 e. The first-order chi connectivity index (χ1) is 7.78. The average molecular weight is 211 g/mol. The van der Waals surface area contributed by atoms with Gasteiger partial charge in [-0.2, -0.15) is 5.26 Å². The summed E-state index contributed by atoms with van der Waals surface area (Å²) in [6.45, 7) is 0. The Balaban J connectivity index is 2.21. The molecule has 2 aromatic rings. The molecule has 3 heteroatoms. The van der Waals surface area contributed by atoms with E-state index in [9.17, 15) is 0 Å². The second kappa shape index (κ2) is 4.37. The molecule has 0 saturated carbocycles. The van der Waals surface area contributed by atoms with Crippen LogP contribution in [-0.2, 0) is 0 Å². The van der Waals surface area contributed by atoms with Gasteiger partial charge in [0.15, 0.2) is 0 Å². The molecular weight excluding hydrogens is 202 g/mol. The van der Waals surface area contributed by atoms with Crippen molar-refractivity contribution in [1.29, 1.82) is 5.26 Å². The maximum atomic E-state index is 9.11. The van der Waals surface area contributed by atoms with Gasteiger partial charge in [-0.05, 0) is 42.5 Å². The van der Waals surface area contributed by atoms with E-state index in [0.29, 0.717) is 17.1 Å². The molecule has 0 aromatic heterocycles. The van der Waals surface area contributed by atoms with E-state index in [1.807, 2.05) is 6.07 Å². The fraction of sp³-hybridized carbons (Fsp3) is 0. The van der Waals surface area contributed by atoms with E-state index < -0.39 is 0 Å². The van der Waals surface area contributed by atoms with Crippen LogP contribution < -0.4 is 4.74 Å². The van der Waals surface area contributed by atoms with E-state index in [-0.39, 0.29) is 5.75 Å². The van der Waals surface area contributed by atoms with Gasteiger partial charge in [0.1, 0.15) is 17.2 Å². The van der Waals surface area contributed by atoms with Crippen LogP contribution in [0.5, 0.6) is 17.2 Å². The molecule has 0 saturated heterocycles. The molecular formula is C13H9NO2. The van der Waals surface area contributed by atoms with Gasteiger partial charge in [0, 0.05) is 0 Å². The standard InChI is InChI=1S/C13H9NO2/c14-9-10-2-1-3-13(8-10)16-12-6-4-11(15)5-7-12/h1-8,15H. The average Bonchev–Trinajstić information content (AvgIpc) is 2.32. The van der Waals surface area contributed by atoms with E-state index >= 15 is 0 Å². The molecule has 2 aromatic carbocycles. The number of phenols is 1. The Kier molecular flexibility index (Phi) is 2.75. The van der Waals surface area contributed by atoms with E-state index in [1.165, 1.54) is 0 Å². The highest BCUT2D eigenvalue weighted by atomic mass is 16.5. The molecule has 0 atom stereocenters. The quantitative estimate of drug-likeness (QED) is 0.830. The lowest BCUT2D eigenvalue weighted by Crippen LogP contribution is -1.84. The van der Waals surface area contributed by atoms with Crippen molar-refractivity contribution in [3.8, 4) is 23.3 Å². The molecule has 3 nitrogen and oxygen atoms in total. The van der Waals surface area contributed by atoms with Crippen LogP contribution >= 0.6 is 0 Å². The number of ether oxygens (including phenoxy) is 1. The molecule has 0 aliphatic rings. The summed E-state index contributed by atoms with van der Waals surface area (Å²) in [6, 6.07) is 15.4. The summed E-state index contributed by atoms with van der Waals surface area (Å²) >= 11 is 0. The number of nitriles is 1. The fourth-order valence-corrected chi connectivity index (χ4v) is 1.28. The highest BCUT2D eigenvalue weighted by Crippen LogP contribution is 2.23. The molecule has 2 rings (SSSR count). The second-order valence-electron chi connectivity index (χ2n) is 3.24. The van der Waals surface area contributed by atoms with Crippen molar-refractivity contribution in [3.05, 3.63) is 54.1 Å². The highest BCUT2D eigenvalue weighted by molar-refractivity contribution is 5.39. The minimum atomic E-state index is 0.193. The molecule has 0 aliphatic heterocycles. The minimum absolute atomic E-state index is 0.193. The fourth-order valence-electron chi connectivity index (χ4n) is 1.28. The van der Waals surface area contributed by atoms with Gasteiger partial charge in [0.2, 0.25) is 0 Å². The summed E-state index contributed by atoms with van der Waals surface area (Å²) in [4.78, 5) is 0. The van der Waals surface area contributed by atoms with Crippen molar-refractivity contribution in [2.45, 2.75) is 0 Å². The Morgan fingerprint density at radius 1 is 1.00 bits per heavy atom. The highest BCUT2D eigenvalue weighted by Gasteiger charge is 1.98. The van der Waals surface area contributed by atoms with Crippen LogP contribution in [0.25, 0.3) is 0 Å². The topological polar surface area (TPSA) is 53.2 Å². The second-order valence-corrected chi connectivity index (χ2v) is 3.24. The zero-order valence-corrected chi connectivity index (χ0v) is 8.42. The Hall–Kier alpha value is -2.47. The van der Waals surface area contributed by atoms with Crippen molar-refractivity contribution >= 4 is 0 Å². The van der Waals surface area contributed by atoms with Crippen molar-refractivity contribution in [2.24, 2.45) is 0 Å². The lowest BCUT2D eigenvalue weighted by molar-refractivity contribution is 0.464. The molecule has 0 spiro atoms.